The molecule has 5 rings (SSSR count). The molecule has 15 heteroatoms. The number of esters is 1. The van der Waals surface area contributed by atoms with Crippen LogP contribution in [0.3, 0.4) is 0 Å². The van der Waals surface area contributed by atoms with Crippen LogP contribution in [-0.2, 0) is 21.3 Å². The summed E-state index contributed by atoms with van der Waals surface area (Å²) in [6.07, 6.45) is 2.60. The molecule has 0 N–H and O–H groups in total. The molecule has 4 heterocycles. The minimum Gasteiger partial charge on any atom is -0.444 e. The Kier molecular flexibility index (Phi) is 9.61. The third-order valence-electron chi connectivity index (χ3n) is 7.47. The number of nitrogens with zero attached hydrogens (tertiary/aromatic N) is 9. The second-order valence-electron chi connectivity index (χ2n) is 12.6. The first-order valence-electron chi connectivity index (χ1n) is 15.3. The van der Waals surface area contributed by atoms with Gasteiger partial charge in [0.2, 0.25) is 12.1 Å². The van der Waals surface area contributed by atoms with E-state index >= 15 is 0 Å². The van der Waals surface area contributed by atoms with Crippen LogP contribution in [0.5, 0.6) is 0 Å². The van der Waals surface area contributed by atoms with Gasteiger partial charge in [0.1, 0.15) is 11.3 Å². The molecule has 4 aromatic rings. The SMILES string of the molecule is CC(C)C(=O)OC(C)n1nnc(-c2c(-c3ccc(C(=O)N(c4ncccc4Cl)C4CCN(C(=O)OC(C)(C)C)C4)cc3)cnn2C)n1. The van der Waals surface area contributed by atoms with E-state index in [4.69, 9.17) is 21.1 Å². The molecule has 0 bridgehead atoms. The number of hydrogen-bond acceptors (Lipinski definition) is 10. The molecular weight excluding hydrogens is 626 g/mol. The summed E-state index contributed by atoms with van der Waals surface area (Å²) >= 11 is 6.54. The summed E-state index contributed by atoms with van der Waals surface area (Å²) in [5.41, 5.74) is 1.83. The van der Waals surface area contributed by atoms with Crippen LogP contribution in [0.15, 0.2) is 48.8 Å². The van der Waals surface area contributed by atoms with Crippen LogP contribution in [0.25, 0.3) is 22.6 Å². The fourth-order valence-corrected chi connectivity index (χ4v) is 5.32. The summed E-state index contributed by atoms with van der Waals surface area (Å²) in [5, 5.41) is 17.4. The number of amides is 2. The zero-order valence-electron chi connectivity index (χ0n) is 27.4. The van der Waals surface area contributed by atoms with Gasteiger partial charge in [-0.15, -0.1) is 15.0 Å². The molecule has 1 aliphatic heterocycles. The molecule has 2 unspecified atom stereocenters. The number of anilines is 1. The highest BCUT2D eigenvalue weighted by Crippen LogP contribution is 2.33. The second-order valence-corrected chi connectivity index (χ2v) is 13.0. The predicted octanol–water partition coefficient (Wildman–Crippen LogP) is 5.16. The molecule has 1 fully saturated rings. The van der Waals surface area contributed by atoms with E-state index in [1.807, 2.05) is 32.9 Å². The van der Waals surface area contributed by atoms with Crippen molar-refractivity contribution >= 4 is 35.4 Å². The molecule has 2 amide bonds. The number of pyridine rings is 1. The van der Waals surface area contributed by atoms with Crippen LogP contribution in [0, 0.1) is 5.92 Å². The number of tetrazole rings is 1. The molecule has 0 saturated carbocycles. The second kappa shape index (κ2) is 13.5. The largest absolute Gasteiger partial charge is 0.444 e. The third kappa shape index (κ3) is 7.43. The Morgan fingerprint density at radius 3 is 2.47 bits per heavy atom. The van der Waals surface area contributed by atoms with E-state index < -0.39 is 17.9 Å². The third-order valence-corrected chi connectivity index (χ3v) is 7.77. The number of hydrogen-bond donors (Lipinski definition) is 0. The lowest BCUT2D eigenvalue weighted by Gasteiger charge is -2.29. The van der Waals surface area contributed by atoms with E-state index in [0.717, 1.165) is 5.56 Å². The molecule has 248 valence electrons. The van der Waals surface area contributed by atoms with Crippen molar-refractivity contribution in [3.63, 3.8) is 0 Å². The van der Waals surface area contributed by atoms with E-state index in [9.17, 15) is 14.4 Å². The van der Waals surface area contributed by atoms with Crippen molar-refractivity contribution in [2.45, 2.75) is 65.8 Å². The van der Waals surface area contributed by atoms with Gasteiger partial charge in [0.25, 0.3) is 5.91 Å². The van der Waals surface area contributed by atoms with Gasteiger partial charge in [0, 0.05) is 37.5 Å². The van der Waals surface area contributed by atoms with Crippen LogP contribution in [0.2, 0.25) is 5.02 Å². The van der Waals surface area contributed by atoms with Gasteiger partial charge in [-0.25, -0.2) is 9.78 Å². The molecule has 1 aromatic carbocycles. The summed E-state index contributed by atoms with van der Waals surface area (Å²) in [4.78, 5) is 47.8. The lowest BCUT2D eigenvalue weighted by Crippen LogP contribution is -2.44. The minimum atomic E-state index is -0.750. The van der Waals surface area contributed by atoms with E-state index in [1.54, 1.807) is 79.0 Å². The molecular formula is C32H38ClN9O5. The summed E-state index contributed by atoms with van der Waals surface area (Å²) < 4.78 is 12.6. The van der Waals surface area contributed by atoms with Crippen molar-refractivity contribution in [3.8, 4) is 22.6 Å². The Bertz CT molecular complexity index is 1760. The Labute approximate surface area is 277 Å². The highest BCUT2D eigenvalue weighted by molar-refractivity contribution is 6.33. The Morgan fingerprint density at radius 1 is 1.09 bits per heavy atom. The van der Waals surface area contributed by atoms with Crippen LogP contribution < -0.4 is 4.90 Å². The number of aromatic nitrogens is 7. The summed E-state index contributed by atoms with van der Waals surface area (Å²) in [6.45, 7) is 11.3. The van der Waals surface area contributed by atoms with Crippen LogP contribution in [-0.4, -0.2) is 82.6 Å². The average Bonchev–Trinajstić information content (AvgIpc) is 3.78. The van der Waals surface area contributed by atoms with Crippen molar-refractivity contribution in [1.82, 2.24) is 39.9 Å². The molecule has 3 aromatic heterocycles. The number of carbonyl (C=O) groups excluding carboxylic acids is 3. The van der Waals surface area contributed by atoms with Gasteiger partial charge in [0.05, 0.1) is 23.2 Å². The van der Waals surface area contributed by atoms with Gasteiger partial charge >= 0.3 is 12.1 Å². The van der Waals surface area contributed by atoms with E-state index in [1.165, 1.54) is 4.80 Å². The Balaban J connectivity index is 1.40. The first-order valence-corrected chi connectivity index (χ1v) is 15.7. The van der Waals surface area contributed by atoms with Crippen molar-refractivity contribution < 1.29 is 23.9 Å². The first kappa shape index (κ1) is 33.5. The smallest absolute Gasteiger partial charge is 0.410 e. The van der Waals surface area contributed by atoms with Gasteiger partial charge < -0.3 is 14.4 Å². The zero-order valence-corrected chi connectivity index (χ0v) is 28.2. The molecule has 0 spiro atoms. The maximum atomic E-state index is 14.1. The molecule has 2 atom stereocenters. The number of halogens is 1. The number of benzene rings is 1. The standard InChI is InChI=1S/C32H38ClN9O5/c1-19(2)30(44)46-20(3)42-37-27(36-38-42)26-24(17-35-39(26)7)21-10-12-22(13-11-21)29(43)41(28-25(33)9-8-15-34-28)23-14-16-40(18-23)31(45)47-32(4,5)6/h8-13,15,17,19-20,23H,14,16,18H2,1-7H3. The quantitative estimate of drug-likeness (QED) is 0.231. The monoisotopic (exact) mass is 663 g/mol. The fraction of sp³-hybridized carbons (Fsp3) is 0.438. The summed E-state index contributed by atoms with van der Waals surface area (Å²) in [5.74, 6) is -0.369. The van der Waals surface area contributed by atoms with Crippen molar-refractivity contribution in [2.24, 2.45) is 13.0 Å². The summed E-state index contributed by atoms with van der Waals surface area (Å²) in [7, 11) is 1.76. The maximum absolute atomic E-state index is 14.1. The average molecular weight is 664 g/mol. The highest BCUT2D eigenvalue weighted by Gasteiger charge is 2.37. The maximum Gasteiger partial charge on any atom is 0.410 e. The normalized spacial score (nSPS) is 15.5. The predicted molar refractivity (Wildman–Crippen MR) is 173 cm³/mol. The van der Waals surface area contributed by atoms with Gasteiger partial charge in [-0.1, -0.05) is 37.6 Å². The minimum absolute atomic E-state index is 0.271. The van der Waals surface area contributed by atoms with Crippen molar-refractivity contribution in [3.05, 3.63) is 59.4 Å². The molecule has 0 radical (unpaired) electrons. The molecule has 1 aliphatic rings. The van der Waals surface area contributed by atoms with Crippen LogP contribution in [0.1, 0.15) is 64.5 Å². The van der Waals surface area contributed by atoms with E-state index in [-0.39, 0.29) is 30.4 Å². The van der Waals surface area contributed by atoms with Crippen LogP contribution >= 0.6 is 11.6 Å². The highest BCUT2D eigenvalue weighted by atomic mass is 35.5. The zero-order chi connectivity index (χ0) is 34.0. The van der Waals surface area contributed by atoms with Crippen LogP contribution in [0.4, 0.5) is 10.6 Å². The number of aryl methyl sites for hydroxylation is 1. The molecule has 1 saturated heterocycles. The van der Waals surface area contributed by atoms with E-state index in [2.05, 4.69) is 25.5 Å². The van der Waals surface area contributed by atoms with Gasteiger partial charge in [-0.3, -0.25) is 19.2 Å². The van der Waals surface area contributed by atoms with Gasteiger partial charge in [-0.05, 0) is 69.2 Å². The van der Waals surface area contributed by atoms with Gasteiger partial charge in [0.15, 0.2) is 5.82 Å². The van der Waals surface area contributed by atoms with Gasteiger partial charge in [-0.2, -0.15) is 5.10 Å². The van der Waals surface area contributed by atoms with Crippen molar-refractivity contribution in [2.75, 3.05) is 18.0 Å². The topological polar surface area (TPSA) is 150 Å². The number of likely N-dealkylation sites (tertiary alicyclic amines) is 1. The van der Waals surface area contributed by atoms with E-state index in [0.29, 0.717) is 46.5 Å². The molecule has 0 aliphatic carbocycles. The first-order chi connectivity index (χ1) is 22.2. The number of ether oxygens (including phenoxy) is 2. The molecule has 14 nitrogen and oxygen atoms in total. The fourth-order valence-electron chi connectivity index (χ4n) is 5.11. The Hall–Kier alpha value is -4.85. The number of carbonyl (C=O) groups is 3. The molecule has 47 heavy (non-hydrogen) atoms. The lowest BCUT2D eigenvalue weighted by atomic mass is 10.0. The Morgan fingerprint density at radius 2 is 1.81 bits per heavy atom. The number of rotatable bonds is 8. The summed E-state index contributed by atoms with van der Waals surface area (Å²) in [6, 6.07) is 10.1. The van der Waals surface area contributed by atoms with Crippen molar-refractivity contribution in [1.29, 1.82) is 0 Å². The lowest BCUT2D eigenvalue weighted by molar-refractivity contribution is -0.158.